The monoisotopic (exact) mass is 395 g/mol. The van der Waals surface area contributed by atoms with Crippen LogP contribution in [-0.2, 0) is 4.79 Å². The highest BCUT2D eigenvalue weighted by molar-refractivity contribution is 6.07. The number of nitrogens with zero attached hydrogens (tertiary/aromatic N) is 3. The first-order valence-electron chi connectivity index (χ1n) is 9.59. The van der Waals surface area contributed by atoms with Crippen molar-refractivity contribution in [1.82, 2.24) is 15.0 Å². The van der Waals surface area contributed by atoms with E-state index in [1.165, 1.54) is 12.1 Å². The van der Waals surface area contributed by atoms with Gasteiger partial charge in [0.2, 0.25) is 0 Å². The van der Waals surface area contributed by atoms with Gasteiger partial charge in [-0.2, -0.15) is 0 Å². The number of likely N-dealkylation sites (tertiary alicyclic amines) is 1. The molecule has 2 fully saturated rings. The Balaban J connectivity index is 1.61. The molecule has 148 valence electrons. The largest absolute Gasteiger partial charge is 0.481 e. The fraction of sp³-hybridized carbons (Fsp3) is 0.333. The Bertz CT molecular complexity index is 1120. The van der Waals surface area contributed by atoms with Gasteiger partial charge in [-0.1, -0.05) is 5.16 Å². The summed E-state index contributed by atoms with van der Waals surface area (Å²) < 4.78 is 18.8. The minimum atomic E-state index is -0.893. The number of pyridine rings is 1. The number of carboxylic acids is 1. The number of hydrogen-bond donors (Lipinski definition) is 1. The molecule has 29 heavy (non-hydrogen) atoms. The Morgan fingerprint density at radius 2 is 1.93 bits per heavy atom. The fourth-order valence-corrected chi connectivity index (χ4v) is 3.86. The summed E-state index contributed by atoms with van der Waals surface area (Å²) in [5.74, 6) is -1.81. The number of aliphatic carboxylic acids is 1. The molecule has 1 N–H and O–H groups in total. The van der Waals surface area contributed by atoms with Gasteiger partial charge in [-0.15, -0.1) is 0 Å². The van der Waals surface area contributed by atoms with E-state index in [0.717, 1.165) is 18.5 Å². The molecule has 1 saturated carbocycles. The van der Waals surface area contributed by atoms with Crippen LogP contribution in [0.4, 0.5) is 4.39 Å². The number of carbonyl (C=O) groups excluding carboxylic acids is 1. The molecule has 1 atom stereocenters. The molecule has 5 rings (SSSR count). The Hall–Kier alpha value is -3.29. The number of halogens is 1. The molecule has 8 heteroatoms. The minimum Gasteiger partial charge on any atom is -0.481 e. The van der Waals surface area contributed by atoms with Crippen LogP contribution in [0.1, 0.15) is 41.2 Å². The zero-order valence-electron chi connectivity index (χ0n) is 15.5. The van der Waals surface area contributed by atoms with Crippen LogP contribution in [0.25, 0.3) is 22.4 Å². The molecule has 7 nitrogen and oxygen atoms in total. The smallest absolute Gasteiger partial charge is 0.308 e. The highest BCUT2D eigenvalue weighted by atomic mass is 19.1. The summed E-state index contributed by atoms with van der Waals surface area (Å²) in [6, 6.07) is 7.51. The van der Waals surface area contributed by atoms with Crippen molar-refractivity contribution in [3.63, 3.8) is 0 Å². The van der Waals surface area contributed by atoms with Gasteiger partial charge in [0.25, 0.3) is 11.6 Å². The third-order valence-corrected chi connectivity index (χ3v) is 5.63. The van der Waals surface area contributed by atoms with Crippen molar-refractivity contribution < 1.29 is 23.6 Å². The van der Waals surface area contributed by atoms with Gasteiger partial charge in [-0.05, 0) is 49.6 Å². The van der Waals surface area contributed by atoms with Crippen LogP contribution in [-0.4, -0.2) is 45.1 Å². The normalized spacial score (nSPS) is 19.1. The van der Waals surface area contributed by atoms with Gasteiger partial charge in [0, 0.05) is 24.6 Å². The predicted octanol–water partition coefficient (Wildman–Crippen LogP) is 3.45. The molecule has 2 aromatic heterocycles. The number of benzene rings is 1. The summed E-state index contributed by atoms with van der Waals surface area (Å²) >= 11 is 0. The quantitative estimate of drug-likeness (QED) is 0.727. The maximum atomic E-state index is 13.3. The molecular weight excluding hydrogens is 377 g/mol. The molecule has 3 heterocycles. The first kappa shape index (κ1) is 17.8. The second kappa shape index (κ2) is 6.65. The molecule has 0 unspecified atom stereocenters. The second-order valence-electron chi connectivity index (χ2n) is 7.66. The second-order valence-corrected chi connectivity index (χ2v) is 7.66. The maximum absolute atomic E-state index is 13.3. The van der Waals surface area contributed by atoms with Crippen molar-refractivity contribution in [2.24, 2.45) is 5.92 Å². The van der Waals surface area contributed by atoms with E-state index in [9.17, 15) is 19.1 Å². The summed E-state index contributed by atoms with van der Waals surface area (Å²) in [7, 11) is 0. The summed E-state index contributed by atoms with van der Waals surface area (Å²) in [6.07, 6.45) is 2.40. The van der Waals surface area contributed by atoms with Crippen LogP contribution in [0, 0.1) is 11.7 Å². The Morgan fingerprint density at radius 3 is 2.59 bits per heavy atom. The van der Waals surface area contributed by atoms with Gasteiger partial charge in [-0.3, -0.25) is 9.59 Å². The zero-order valence-corrected chi connectivity index (χ0v) is 15.5. The van der Waals surface area contributed by atoms with Crippen LogP contribution in [0.3, 0.4) is 0 Å². The lowest BCUT2D eigenvalue weighted by atomic mass is 10.0. The van der Waals surface area contributed by atoms with Crippen LogP contribution in [0.15, 0.2) is 34.9 Å². The van der Waals surface area contributed by atoms with Crippen LogP contribution >= 0.6 is 0 Å². The molecule has 1 aliphatic heterocycles. The average Bonchev–Trinajstić information content (AvgIpc) is 3.27. The predicted molar refractivity (Wildman–Crippen MR) is 101 cm³/mol. The van der Waals surface area contributed by atoms with Crippen molar-refractivity contribution in [1.29, 1.82) is 0 Å². The topological polar surface area (TPSA) is 96.5 Å². The molecule has 1 saturated heterocycles. The summed E-state index contributed by atoms with van der Waals surface area (Å²) in [5, 5.41) is 14.0. The van der Waals surface area contributed by atoms with Crippen molar-refractivity contribution in [3.8, 4) is 11.3 Å². The van der Waals surface area contributed by atoms with Gasteiger partial charge in [-0.25, -0.2) is 9.37 Å². The lowest BCUT2D eigenvalue weighted by Gasteiger charge is -2.17. The van der Waals surface area contributed by atoms with E-state index in [0.29, 0.717) is 35.2 Å². The first-order chi connectivity index (χ1) is 14.0. The molecule has 0 radical (unpaired) electrons. The van der Waals surface area contributed by atoms with E-state index in [2.05, 4.69) is 10.1 Å². The Labute approximate surface area is 165 Å². The van der Waals surface area contributed by atoms with Crippen LogP contribution in [0.2, 0.25) is 0 Å². The number of fused-ring (bicyclic) bond motifs is 1. The fourth-order valence-electron chi connectivity index (χ4n) is 3.86. The SMILES string of the molecule is O=C(O)[C@@H]1CCN(C(=O)c2cc(-c3ccc(F)cc3)nc3onc(C4CC4)c23)C1. The lowest BCUT2D eigenvalue weighted by Crippen LogP contribution is -2.30. The number of amides is 1. The summed E-state index contributed by atoms with van der Waals surface area (Å²) in [6.45, 7) is 0.559. The van der Waals surface area contributed by atoms with Crippen LogP contribution in [0.5, 0.6) is 0 Å². The molecular formula is C21H18FN3O4. The minimum absolute atomic E-state index is 0.175. The summed E-state index contributed by atoms with van der Waals surface area (Å²) in [5.41, 5.74) is 2.54. The maximum Gasteiger partial charge on any atom is 0.308 e. The molecule has 3 aromatic rings. The molecule has 0 bridgehead atoms. The van der Waals surface area contributed by atoms with Gasteiger partial charge in [0.15, 0.2) is 0 Å². The Kier molecular flexibility index (Phi) is 4.08. The number of carbonyl (C=O) groups is 2. The number of hydrogen-bond acceptors (Lipinski definition) is 5. The number of carboxylic acid groups (broad SMARTS) is 1. The van der Waals surface area contributed by atoms with E-state index >= 15 is 0 Å². The van der Waals surface area contributed by atoms with Crippen molar-refractivity contribution in [3.05, 3.63) is 47.4 Å². The Morgan fingerprint density at radius 1 is 1.17 bits per heavy atom. The average molecular weight is 395 g/mol. The summed E-state index contributed by atoms with van der Waals surface area (Å²) in [4.78, 5) is 30.7. The highest BCUT2D eigenvalue weighted by Gasteiger charge is 2.36. The van der Waals surface area contributed by atoms with E-state index in [4.69, 9.17) is 4.52 Å². The van der Waals surface area contributed by atoms with E-state index < -0.39 is 11.9 Å². The van der Waals surface area contributed by atoms with Crippen molar-refractivity contribution >= 4 is 23.0 Å². The van der Waals surface area contributed by atoms with Gasteiger partial charge < -0.3 is 14.5 Å². The van der Waals surface area contributed by atoms with E-state index in [1.54, 1.807) is 23.1 Å². The van der Waals surface area contributed by atoms with Crippen LogP contribution < -0.4 is 0 Å². The standard InChI is InChI=1S/C21H18FN3O4/c22-14-5-3-11(4-6-14)16-9-15(20(26)25-8-7-13(10-25)21(27)28)17-18(12-1-2-12)24-29-19(17)23-16/h3-6,9,12-13H,1-2,7-8,10H2,(H,27,28)/t13-/m1/s1. The third kappa shape index (κ3) is 3.14. The number of aromatic nitrogens is 2. The number of rotatable bonds is 4. The molecule has 1 aliphatic carbocycles. The highest BCUT2D eigenvalue weighted by Crippen LogP contribution is 2.43. The zero-order chi connectivity index (χ0) is 20.1. The molecule has 1 amide bonds. The van der Waals surface area contributed by atoms with Crippen molar-refractivity contribution in [2.45, 2.75) is 25.2 Å². The molecule has 1 aromatic carbocycles. The van der Waals surface area contributed by atoms with Gasteiger partial charge in [0.1, 0.15) is 5.82 Å². The first-order valence-corrected chi connectivity index (χ1v) is 9.59. The van der Waals surface area contributed by atoms with E-state index in [-0.39, 0.29) is 29.9 Å². The van der Waals surface area contributed by atoms with Gasteiger partial charge >= 0.3 is 5.97 Å². The van der Waals surface area contributed by atoms with E-state index in [1.807, 2.05) is 0 Å². The molecule has 0 spiro atoms. The molecule has 2 aliphatic rings. The van der Waals surface area contributed by atoms with Gasteiger partial charge in [0.05, 0.1) is 28.3 Å². The van der Waals surface area contributed by atoms with Crippen molar-refractivity contribution in [2.75, 3.05) is 13.1 Å². The lowest BCUT2D eigenvalue weighted by molar-refractivity contribution is -0.141. The third-order valence-electron chi connectivity index (χ3n) is 5.63.